The fourth-order valence-corrected chi connectivity index (χ4v) is 2.61. The summed E-state index contributed by atoms with van der Waals surface area (Å²) in [6.07, 6.45) is 1.67. The minimum Gasteiger partial charge on any atom is -0.304 e. The van der Waals surface area contributed by atoms with Crippen molar-refractivity contribution in [2.24, 2.45) is 0 Å². The lowest BCUT2D eigenvalue weighted by atomic mass is 9.92. The summed E-state index contributed by atoms with van der Waals surface area (Å²) in [7, 11) is 0. The van der Waals surface area contributed by atoms with Crippen LogP contribution in [0.3, 0.4) is 0 Å². The summed E-state index contributed by atoms with van der Waals surface area (Å²) in [4.78, 5) is 23.5. The van der Waals surface area contributed by atoms with Gasteiger partial charge in [0, 0.05) is 16.1 Å². The van der Waals surface area contributed by atoms with Crippen LogP contribution in [-0.2, 0) is 5.41 Å². The second kappa shape index (κ2) is 5.17. The summed E-state index contributed by atoms with van der Waals surface area (Å²) < 4.78 is 1.35. The Morgan fingerprint density at radius 1 is 1.21 bits per heavy atom. The van der Waals surface area contributed by atoms with Crippen molar-refractivity contribution in [3.05, 3.63) is 43.3 Å². The highest BCUT2D eigenvalue weighted by molar-refractivity contribution is 9.10. The van der Waals surface area contributed by atoms with E-state index in [9.17, 15) is 4.79 Å². The zero-order chi connectivity index (χ0) is 14.2. The molecule has 0 fully saturated rings. The molecule has 0 atom stereocenters. The number of nitrogens with zero attached hydrogens (tertiary/aromatic N) is 2. The van der Waals surface area contributed by atoms with Crippen LogP contribution in [0, 0.1) is 0 Å². The second-order valence-electron chi connectivity index (χ2n) is 5.19. The van der Waals surface area contributed by atoms with Gasteiger partial charge in [-0.05, 0) is 44.0 Å². The fraction of sp³-hybridized carbons (Fsp3) is 0.308. The van der Waals surface area contributed by atoms with E-state index in [4.69, 9.17) is 0 Å². The lowest BCUT2D eigenvalue weighted by Crippen LogP contribution is -2.22. The Kier molecular flexibility index (Phi) is 3.92. The van der Waals surface area contributed by atoms with E-state index in [2.05, 4.69) is 46.8 Å². The number of hydrogen-bond donors (Lipinski definition) is 1. The maximum Gasteiger partial charge on any atom is 0.265 e. The third-order valence-corrected chi connectivity index (χ3v) is 3.75. The van der Waals surface area contributed by atoms with E-state index < -0.39 is 0 Å². The van der Waals surface area contributed by atoms with Crippen molar-refractivity contribution >= 4 is 31.9 Å². The van der Waals surface area contributed by atoms with Gasteiger partial charge in [-0.15, -0.1) is 0 Å². The van der Waals surface area contributed by atoms with Crippen molar-refractivity contribution in [3.8, 4) is 11.5 Å². The number of hydrogen-bond acceptors (Lipinski definition) is 3. The third-order valence-electron chi connectivity index (χ3n) is 2.54. The number of nitrogens with one attached hydrogen (secondary N) is 1. The summed E-state index contributed by atoms with van der Waals surface area (Å²) in [6.45, 7) is 6.04. The number of halogens is 2. The largest absolute Gasteiger partial charge is 0.304 e. The Morgan fingerprint density at radius 2 is 1.89 bits per heavy atom. The SMILES string of the molecule is CC(C)(C)c1nc(-c2ccc(Br)cn2)[nH]c(=O)c1Br. The first-order valence-electron chi connectivity index (χ1n) is 5.71. The van der Waals surface area contributed by atoms with Gasteiger partial charge in [-0.1, -0.05) is 20.8 Å². The normalized spacial score (nSPS) is 11.6. The van der Waals surface area contributed by atoms with Crippen molar-refractivity contribution in [3.63, 3.8) is 0 Å². The first-order valence-corrected chi connectivity index (χ1v) is 7.30. The van der Waals surface area contributed by atoms with E-state index in [0.29, 0.717) is 16.0 Å². The summed E-state index contributed by atoms with van der Waals surface area (Å²) in [5.41, 5.74) is 0.936. The number of H-pyrrole nitrogens is 1. The molecule has 0 saturated heterocycles. The quantitative estimate of drug-likeness (QED) is 0.813. The molecule has 1 N–H and O–H groups in total. The van der Waals surface area contributed by atoms with Crippen LogP contribution in [0.25, 0.3) is 11.5 Å². The molecular weight excluding hydrogens is 374 g/mol. The van der Waals surface area contributed by atoms with E-state index in [1.54, 1.807) is 6.20 Å². The smallest absolute Gasteiger partial charge is 0.265 e. The molecule has 0 unspecified atom stereocenters. The van der Waals surface area contributed by atoms with Gasteiger partial charge < -0.3 is 4.98 Å². The van der Waals surface area contributed by atoms with Gasteiger partial charge in [0.05, 0.1) is 5.69 Å². The molecule has 0 amide bonds. The number of aromatic nitrogens is 3. The van der Waals surface area contributed by atoms with Crippen molar-refractivity contribution in [2.45, 2.75) is 26.2 Å². The van der Waals surface area contributed by atoms with E-state index in [1.165, 1.54) is 0 Å². The minimum atomic E-state index is -0.225. The maximum absolute atomic E-state index is 12.0. The predicted octanol–water partition coefficient (Wildman–Crippen LogP) is 3.65. The highest BCUT2D eigenvalue weighted by atomic mass is 79.9. The Balaban J connectivity index is 2.63. The van der Waals surface area contributed by atoms with Gasteiger partial charge >= 0.3 is 0 Å². The molecule has 6 heteroatoms. The van der Waals surface area contributed by atoms with E-state index >= 15 is 0 Å². The molecule has 0 aliphatic rings. The van der Waals surface area contributed by atoms with Gasteiger partial charge in [-0.3, -0.25) is 9.78 Å². The standard InChI is InChI=1S/C13H13Br2N3O/c1-13(2,3)10-9(15)12(19)18-11(17-10)8-5-4-7(14)6-16-8/h4-6H,1-3H3,(H,17,18,19). The highest BCUT2D eigenvalue weighted by Gasteiger charge is 2.22. The Labute approximate surface area is 128 Å². The first-order chi connectivity index (χ1) is 8.79. The lowest BCUT2D eigenvalue weighted by Gasteiger charge is -2.19. The van der Waals surface area contributed by atoms with Crippen LogP contribution in [0.5, 0.6) is 0 Å². The molecule has 2 rings (SSSR count). The van der Waals surface area contributed by atoms with Gasteiger partial charge in [0.25, 0.3) is 5.56 Å². The molecule has 2 aromatic heterocycles. The summed E-state index contributed by atoms with van der Waals surface area (Å²) in [5.74, 6) is 0.477. The molecule has 0 aliphatic heterocycles. The van der Waals surface area contributed by atoms with Crippen molar-refractivity contribution in [1.29, 1.82) is 0 Å². The monoisotopic (exact) mass is 385 g/mol. The van der Waals surface area contributed by atoms with E-state index in [1.807, 2.05) is 32.9 Å². The maximum atomic E-state index is 12.0. The lowest BCUT2D eigenvalue weighted by molar-refractivity contribution is 0.562. The van der Waals surface area contributed by atoms with Crippen LogP contribution < -0.4 is 5.56 Å². The van der Waals surface area contributed by atoms with Crippen LogP contribution in [0.15, 0.2) is 32.1 Å². The summed E-state index contributed by atoms with van der Waals surface area (Å²) >= 11 is 6.63. The number of rotatable bonds is 1. The van der Waals surface area contributed by atoms with Crippen LogP contribution >= 0.6 is 31.9 Å². The molecule has 2 aromatic rings. The zero-order valence-electron chi connectivity index (χ0n) is 10.8. The Hall–Kier alpha value is -1.01. The third kappa shape index (κ3) is 3.12. The highest BCUT2D eigenvalue weighted by Crippen LogP contribution is 2.26. The Bertz CT molecular complexity index is 657. The predicted molar refractivity (Wildman–Crippen MR) is 82.2 cm³/mol. The minimum absolute atomic E-state index is 0.195. The molecule has 0 bridgehead atoms. The van der Waals surface area contributed by atoms with E-state index in [-0.39, 0.29) is 11.0 Å². The van der Waals surface area contributed by atoms with Gasteiger partial charge in [-0.2, -0.15) is 0 Å². The topological polar surface area (TPSA) is 58.6 Å². The van der Waals surface area contributed by atoms with Gasteiger partial charge in [0.15, 0.2) is 5.82 Å². The number of aromatic amines is 1. The van der Waals surface area contributed by atoms with Crippen LogP contribution in [0.1, 0.15) is 26.5 Å². The molecule has 19 heavy (non-hydrogen) atoms. The van der Waals surface area contributed by atoms with Gasteiger partial charge in [0.1, 0.15) is 10.2 Å². The second-order valence-corrected chi connectivity index (χ2v) is 6.90. The summed E-state index contributed by atoms with van der Waals surface area (Å²) in [5, 5.41) is 0. The number of pyridine rings is 1. The van der Waals surface area contributed by atoms with Crippen LogP contribution in [-0.4, -0.2) is 15.0 Å². The Morgan fingerprint density at radius 3 is 2.42 bits per heavy atom. The van der Waals surface area contributed by atoms with Crippen molar-refractivity contribution in [1.82, 2.24) is 15.0 Å². The van der Waals surface area contributed by atoms with E-state index in [0.717, 1.165) is 10.2 Å². The average molecular weight is 387 g/mol. The molecule has 0 aromatic carbocycles. The molecule has 0 saturated carbocycles. The zero-order valence-corrected chi connectivity index (χ0v) is 14.0. The molecule has 4 nitrogen and oxygen atoms in total. The molecule has 100 valence electrons. The molecule has 0 aliphatic carbocycles. The van der Waals surface area contributed by atoms with Gasteiger partial charge in [-0.25, -0.2) is 4.98 Å². The van der Waals surface area contributed by atoms with Crippen molar-refractivity contribution in [2.75, 3.05) is 0 Å². The van der Waals surface area contributed by atoms with Gasteiger partial charge in [0.2, 0.25) is 0 Å². The average Bonchev–Trinajstić information content (AvgIpc) is 2.32. The fourth-order valence-electron chi connectivity index (χ4n) is 1.59. The van der Waals surface area contributed by atoms with Crippen LogP contribution in [0.4, 0.5) is 0 Å². The molecule has 2 heterocycles. The molecule has 0 spiro atoms. The van der Waals surface area contributed by atoms with Crippen LogP contribution in [0.2, 0.25) is 0 Å². The summed E-state index contributed by atoms with van der Waals surface area (Å²) in [6, 6.07) is 3.67. The molecule has 0 radical (unpaired) electrons. The molecular formula is C13H13Br2N3O. The van der Waals surface area contributed by atoms with Crippen molar-refractivity contribution < 1.29 is 0 Å². The first kappa shape index (κ1) is 14.4.